The maximum atomic E-state index is 13.3. The molecule has 3 aromatic rings. The lowest BCUT2D eigenvalue weighted by molar-refractivity contribution is -0.139. The summed E-state index contributed by atoms with van der Waals surface area (Å²) in [6.07, 6.45) is -2.60. The number of hydrogen-bond acceptors (Lipinski definition) is 4. The van der Waals surface area contributed by atoms with Gasteiger partial charge in [-0.25, -0.2) is 0 Å². The summed E-state index contributed by atoms with van der Waals surface area (Å²) in [4.78, 5) is 12.0. The van der Waals surface area contributed by atoms with Gasteiger partial charge in [-0.3, -0.25) is 9.89 Å². The fourth-order valence-corrected chi connectivity index (χ4v) is 3.69. The molecule has 1 aliphatic heterocycles. The number of H-pyrrole nitrogens is 1. The third-order valence-electron chi connectivity index (χ3n) is 5.24. The van der Waals surface area contributed by atoms with E-state index in [2.05, 4.69) is 15.5 Å². The SMILES string of the molecule is COc1cc(C2CC(=O)Nc3[nH]ncc32)ccc1COc1ccc(C)cc1C(F)(F)F. The highest BCUT2D eigenvalue weighted by Gasteiger charge is 2.34. The molecule has 0 aliphatic carbocycles. The van der Waals surface area contributed by atoms with Gasteiger partial charge in [0.05, 0.1) is 18.9 Å². The number of anilines is 1. The van der Waals surface area contributed by atoms with Crippen LogP contribution in [0.2, 0.25) is 0 Å². The van der Waals surface area contributed by atoms with Crippen molar-refractivity contribution >= 4 is 11.7 Å². The van der Waals surface area contributed by atoms with E-state index in [1.54, 1.807) is 31.3 Å². The maximum absolute atomic E-state index is 13.3. The van der Waals surface area contributed by atoms with E-state index in [0.717, 1.165) is 17.2 Å². The summed E-state index contributed by atoms with van der Waals surface area (Å²) >= 11 is 0. The first-order valence-electron chi connectivity index (χ1n) is 9.57. The van der Waals surface area contributed by atoms with Gasteiger partial charge in [0.2, 0.25) is 5.91 Å². The molecular formula is C22H20F3N3O3. The number of benzene rings is 2. The van der Waals surface area contributed by atoms with Crippen molar-refractivity contribution in [3.63, 3.8) is 0 Å². The Labute approximate surface area is 176 Å². The average Bonchev–Trinajstić information content (AvgIpc) is 3.19. The molecule has 1 aliphatic rings. The van der Waals surface area contributed by atoms with E-state index in [0.29, 0.717) is 22.7 Å². The number of nitrogens with one attached hydrogen (secondary N) is 2. The molecule has 0 saturated carbocycles. The van der Waals surface area contributed by atoms with Crippen molar-refractivity contribution in [2.45, 2.75) is 32.0 Å². The van der Waals surface area contributed by atoms with E-state index in [-0.39, 0.29) is 30.6 Å². The monoisotopic (exact) mass is 431 g/mol. The van der Waals surface area contributed by atoms with Crippen molar-refractivity contribution in [3.05, 3.63) is 70.4 Å². The lowest BCUT2D eigenvalue weighted by Crippen LogP contribution is -2.23. The number of aromatic amines is 1. The molecule has 0 saturated heterocycles. The van der Waals surface area contributed by atoms with Gasteiger partial charge in [-0.2, -0.15) is 18.3 Å². The van der Waals surface area contributed by atoms with E-state index < -0.39 is 11.7 Å². The van der Waals surface area contributed by atoms with Gasteiger partial charge in [-0.1, -0.05) is 23.8 Å². The quantitative estimate of drug-likeness (QED) is 0.609. The van der Waals surface area contributed by atoms with Crippen LogP contribution in [0.25, 0.3) is 0 Å². The average molecular weight is 431 g/mol. The number of hydrogen-bond donors (Lipinski definition) is 2. The molecule has 0 spiro atoms. The van der Waals surface area contributed by atoms with E-state index in [1.807, 2.05) is 6.07 Å². The van der Waals surface area contributed by atoms with Crippen LogP contribution in [0.3, 0.4) is 0 Å². The third kappa shape index (κ3) is 4.21. The maximum Gasteiger partial charge on any atom is 0.419 e. The van der Waals surface area contributed by atoms with Crippen LogP contribution < -0.4 is 14.8 Å². The van der Waals surface area contributed by atoms with Gasteiger partial charge in [0.25, 0.3) is 0 Å². The van der Waals surface area contributed by atoms with E-state index in [4.69, 9.17) is 9.47 Å². The Morgan fingerprint density at radius 1 is 1.16 bits per heavy atom. The molecule has 9 heteroatoms. The van der Waals surface area contributed by atoms with Crippen LogP contribution in [-0.4, -0.2) is 23.2 Å². The summed E-state index contributed by atoms with van der Waals surface area (Å²) in [6, 6.07) is 9.29. The Morgan fingerprint density at radius 2 is 1.97 bits per heavy atom. The molecular weight excluding hydrogens is 411 g/mol. The zero-order valence-corrected chi connectivity index (χ0v) is 16.8. The number of carbonyl (C=O) groups is 1. The highest BCUT2D eigenvalue weighted by Crippen LogP contribution is 2.39. The van der Waals surface area contributed by atoms with Crippen molar-refractivity contribution in [1.82, 2.24) is 10.2 Å². The number of alkyl halides is 3. The molecule has 4 rings (SSSR count). The number of aryl methyl sites for hydroxylation is 1. The second kappa shape index (κ2) is 7.98. The van der Waals surface area contributed by atoms with Crippen molar-refractivity contribution in [2.24, 2.45) is 0 Å². The smallest absolute Gasteiger partial charge is 0.419 e. The molecule has 1 aromatic heterocycles. The third-order valence-corrected chi connectivity index (χ3v) is 5.24. The number of rotatable bonds is 5. The minimum atomic E-state index is -4.51. The minimum absolute atomic E-state index is 0.0995. The van der Waals surface area contributed by atoms with Gasteiger partial charge in [0.1, 0.15) is 23.9 Å². The summed E-state index contributed by atoms with van der Waals surface area (Å²) < 4.78 is 51.0. The number of carbonyl (C=O) groups excluding carboxylic acids is 1. The first-order valence-corrected chi connectivity index (χ1v) is 9.57. The van der Waals surface area contributed by atoms with Crippen LogP contribution in [0.4, 0.5) is 19.0 Å². The van der Waals surface area contributed by atoms with Crippen molar-refractivity contribution < 1.29 is 27.4 Å². The lowest BCUT2D eigenvalue weighted by Gasteiger charge is -2.23. The van der Waals surface area contributed by atoms with Crippen LogP contribution in [0.15, 0.2) is 42.6 Å². The normalized spacial score (nSPS) is 15.9. The largest absolute Gasteiger partial charge is 0.496 e. The second-order valence-electron chi connectivity index (χ2n) is 7.36. The number of halogens is 3. The zero-order valence-electron chi connectivity index (χ0n) is 16.8. The first-order chi connectivity index (χ1) is 14.8. The Balaban J connectivity index is 1.59. The van der Waals surface area contributed by atoms with Crippen LogP contribution in [-0.2, 0) is 17.6 Å². The summed E-state index contributed by atoms with van der Waals surface area (Å²) in [6.45, 7) is 1.50. The Morgan fingerprint density at radius 3 is 2.71 bits per heavy atom. The standard InChI is InChI=1S/C22H20F3N3O3/c1-12-3-6-18(17(7-12)22(23,24)25)31-11-14-5-4-13(8-19(14)30-2)15-9-20(29)27-21-16(15)10-26-28-21/h3-8,10,15H,9,11H2,1-2H3,(H2,26,27,28,29). The highest BCUT2D eigenvalue weighted by molar-refractivity contribution is 5.94. The van der Waals surface area contributed by atoms with Crippen LogP contribution in [0.1, 0.15) is 40.2 Å². The molecule has 2 heterocycles. The van der Waals surface area contributed by atoms with Gasteiger partial charge in [0, 0.05) is 23.5 Å². The number of amides is 1. The van der Waals surface area contributed by atoms with Gasteiger partial charge in [-0.15, -0.1) is 0 Å². The zero-order chi connectivity index (χ0) is 22.2. The summed E-state index contributed by atoms with van der Waals surface area (Å²) in [7, 11) is 1.48. The summed E-state index contributed by atoms with van der Waals surface area (Å²) in [5.74, 6) is 0.449. The molecule has 1 atom stereocenters. The predicted octanol–water partition coefficient (Wildman–Crippen LogP) is 4.80. The number of methoxy groups -OCH3 is 1. The molecule has 0 fully saturated rings. The Kier molecular flexibility index (Phi) is 5.34. The fraction of sp³-hybridized carbons (Fsp3) is 0.273. The first kappa shape index (κ1) is 20.8. The fourth-order valence-electron chi connectivity index (χ4n) is 3.69. The molecule has 6 nitrogen and oxygen atoms in total. The van der Waals surface area contributed by atoms with Crippen LogP contribution in [0, 0.1) is 6.92 Å². The van der Waals surface area contributed by atoms with Crippen LogP contribution in [0.5, 0.6) is 11.5 Å². The number of aromatic nitrogens is 2. The minimum Gasteiger partial charge on any atom is -0.496 e. The van der Waals surface area contributed by atoms with Crippen molar-refractivity contribution in [2.75, 3.05) is 12.4 Å². The van der Waals surface area contributed by atoms with Gasteiger partial charge in [0.15, 0.2) is 0 Å². The van der Waals surface area contributed by atoms with E-state index in [1.165, 1.54) is 13.2 Å². The Hall–Kier alpha value is -3.49. The van der Waals surface area contributed by atoms with E-state index in [9.17, 15) is 18.0 Å². The molecule has 0 bridgehead atoms. The van der Waals surface area contributed by atoms with Crippen molar-refractivity contribution in [3.8, 4) is 11.5 Å². The topological polar surface area (TPSA) is 76.2 Å². The summed E-state index contributed by atoms with van der Waals surface area (Å²) in [5, 5.41) is 9.49. The van der Waals surface area contributed by atoms with Gasteiger partial charge >= 0.3 is 6.18 Å². The molecule has 1 amide bonds. The molecule has 162 valence electrons. The number of nitrogens with zero attached hydrogens (tertiary/aromatic N) is 1. The molecule has 2 N–H and O–H groups in total. The summed E-state index contributed by atoms with van der Waals surface area (Å²) in [5.41, 5.74) is 1.97. The van der Waals surface area contributed by atoms with E-state index >= 15 is 0 Å². The van der Waals surface area contributed by atoms with Crippen molar-refractivity contribution in [1.29, 1.82) is 0 Å². The van der Waals surface area contributed by atoms with Gasteiger partial charge in [-0.05, 0) is 30.7 Å². The predicted molar refractivity (Wildman–Crippen MR) is 107 cm³/mol. The molecule has 1 unspecified atom stereocenters. The lowest BCUT2D eigenvalue weighted by atomic mass is 9.87. The molecule has 31 heavy (non-hydrogen) atoms. The highest BCUT2D eigenvalue weighted by atomic mass is 19.4. The Bertz CT molecular complexity index is 1120. The molecule has 2 aromatic carbocycles. The number of fused-ring (bicyclic) bond motifs is 1. The van der Waals surface area contributed by atoms with Crippen LogP contribution >= 0.6 is 0 Å². The molecule has 0 radical (unpaired) electrons. The second-order valence-corrected chi connectivity index (χ2v) is 7.36. The van der Waals surface area contributed by atoms with Gasteiger partial charge < -0.3 is 14.8 Å². The number of ether oxygens (including phenoxy) is 2.